The number of cyclic esters (lactones) is 1. The number of carbonyl (C=O) groups is 1. The first-order valence-electron chi connectivity index (χ1n) is 9.03. The largest absolute Gasteiger partial charge is 0.458 e. The molecule has 1 aliphatic carbocycles. The standard InChI is InChI=1S/C17H30N2O4/c1-3-11-21-15-10-6-9-14(19-18)17(20)22-12(2)16(15)23-13-7-4-5-8-13/h12-16,18H,3-11H2,1-2H3/p+1/t12-,14-,15-,16-/m0/s1. The number of carbonyl (C=O) groups excluding carboxylic acids is 1. The molecule has 6 heteroatoms. The van der Waals surface area contributed by atoms with Gasteiger partial charge in [0.15, 0.2) is 0 Å². The highest BCUT2D eigenvalue weighted by molar-refractivity contribution is 5.75. The fraction of sp³-hybridized carbons (Fsp3) is 0.941. The smallest absolute Gasteiger partial charge is 0.337 e. The summed E-state index contributed by atoms with van der Waals surface area (Å²) >= 11 is 0. The summed E-state index contributed by atoms with van der Waals surface area (Å²) < 4.78 is 18.0. The van der Waals surface area contributed by atoms with E-state index in [1.54, 1.807) is 0 Å². The third-order valence-electron chi connectivity index (χ3n) is 4.74. The van der Waals surface area contributed by atoms with E-state index in [1.807, 2.05) is 6.92 Å². The summed E-state index contributed by atoms with van der Waals surface area (Å²) in [7, 11) is 0. The minimum Gasteiger partial charge on any atom is -0.458 e. The molecule has 23 heavy (non-hydrogen) atoms. The molecule has 0 unspecified atom stereocenters. The van der Waals surface area contributed by atoms with Crippen LogP contribution in [-0.2, 0) is 19.0 Å². The fourth-order valence-electron chi connectivity index (χ4n) is 3.45. The molecule has 0 aromatic heterocycles. The highest BCUT2D eigenvalue weighted by Crippen LogP contribution is 2.28. The van der Waals surface area contributed by atoms with Crippen molar-refractivity contribution >= 4 is 5.97 Å². The van der Waals surface area contributed by atoms with Crippen molar-refractivity contribution in [1.82, 2.24) is 0 Å². The van der Waals surface area contributed by atoms with Gasteiger partial charge in [-0.2, -0.15) is 5.53 Å². The van der Waals surface area contributed by atoms with Crippen molar-refractivity contribution < 1.29 is 24.5 Å². The predicted octanol–water partition coefficient (Wildman–Crippen LogP) is 1.80. The zero-order chi connectivity index (χ0) is 16.7. The first kappa shape index (κ1) is 18.3. The molecular weight excluding hydrogens is 296 g/mol. The Labute approximate surface area is 138 Å². The van der Waals surface area contributed by atoms with Crippen LogP contribution < -0.4 is 5.53 Å². The van der Waals surface area contributed by atoms with Crippen LogP contribution in [0.2, 0.25) is 0 Å². The lowest BCUT2D eigenvalue weighted by Crippen LogP contribution is -2.44. The second-order valence-electron chi connectivity index (χ2n) is 6.65. The minimum atomic E-state index is -0.575. The summed E-state index contributed by atoms with van der Waals surface area (Å²) in [6.07, 6.45) is 7.44. The van der Waals surface area contributed by atoms with Gasteiger partial charge in [0.05, 0.1) is 12.2 Å². The maximum atomic E-state index is 12.2. The van der Waals surface area contributed by atoms with Gasteiger partial charge in [-0.05, 0) is 50.6 Å². The van der Waals surface area contributed by atoms with Crippen molar-refractivity contribution in [1.29, 1.82) is 0 Å². The zero-order valence-corrected chi connectivity index (χ0v) is 14.4. The summed E-state index contributed by atoms with van der Waals surface area (Å²) in [6, 6.07) is -0.575. The van der Waals surface area contributed by atoms with Gasteiger partial charge < -0.3 is 14.2 Å². The molecule has 2 aliphatic rings. The third kappa shape index (κ3) is 5.24. The Morgan fingerprint density at radius 2 is 1.96 bits per heavy atom. The quantitative estimate of drug-likeness (QED) is 0.596. The molecule has 2 N–H and O–H groups in total. The van der Waals surface area contributed by atoms with Crippen LogP contribution in [0.15, 0.2) is 5.11 Å². The van der Waals surface area contributed by atoms with Crippen molar-refractivity contribution in [3.05, 3.63) is 0 Å². The van der Waals surface area contributed by atoms with Gasteiger partial charge in [-0.3, -0.25) is 0 Å². The van der Waals surface area contributed by atoms with Gasteiger partial charge in [-0.25, -0.2) is 4.79 Å². The van der Waals surface area contributed by atoms with E-state index in [0.717, 1.165) is 32.1 Å². The first-order valence-corrected chi connectivity index (χ1v) is 9.03. The summed E-state index contributed by atoms with van der Waals surface area (Å²) in [4.78, 5) is 12.2. The number of rotatable bonds is 6. The average Bonchev–Trinajstić information content (AvgIpc) is 3.05. The molecule has 0 aromatic rings. The normalized spacial score (nSPS) is 33.6. The molecular formula is C17H31N2O4+. The van der Waals surface area contributed by atoms with Crippen molar-refractivity contribution in [2.24, 2.45) is 5.11 Å². The Kier molecular flexibility index (Phi) is 7.43. The lowest BCUT2D eigenvalue weighted by Gasteiger charge is -2.33. The average molecular weight is 327 g/mol. The Bertz CT molecular complexity index is 385. The Hall–Kier alpha value is -1.01. The molecule has 4 atom stereocenters. The van der Waals surface area contributed by atoms with Gasteiger partial charge in [0.25, 0.3) is 0 Å². The Morgan fingerprint density at radius 3 is 2.61 bits per heavy atom. The maximum absolute atomic E-state index is 12.2. The molecule has 1 heterocycles. The van der Waals surface area contributed by atoms with Gasteiger partial charge in [-0.1, -0.05) is 19.8 Å². The van der Waals surface area contributed by atoms with Crippen LogP contribution in [0.1, 0.15) is 65.2 Å². The highest BCUT2D eigenvalue weighted by Gasteiger charge is 2.37. The summed E-state index contributed by atoms with van der Waals surface area (Å²) in [5.41, 5.74) is 5.35. The molecule has 0 aromatic carbocycles. The van der Waals surface area contributed by atoms with Crippen molar-refractivity contribution in [2.45, 2.75) is 95.7 Å². The molecule has 2 rings (SSSR count). The second-order valence-corrected chi connectivity index (χ2v) is 6.65. The van der Waals surface area contributed by atoms with Crippen LogP contribution in [0, 0.1) is 0 Å². The van der Waals surface area contributed by atoms with E-state index in [2.05, 4.69) is 12.0 Å². The van der Waals surface area contributed by atoms with E-state index in [9.17, 15) is 4.79 Å². The fourth-order valence-corrected chi connectivity index (χ4v) is 3.45. The molecule has 1 saturated heterocycles. The minimum absolute atomic E-state index is 0.0464. The third-order valence-corrected chi connectivity index (χ3v) is 4.74. The summed E-state index contributed by atoms with van der Waals surface area (Å²) in [5, 5.41) is 3.67. The van der Waals surface area contributed by atoms with Gasteiger partial charge >= 0.3 is 5.97 Å². The zero-order valence-electron chi connectivity index (χ0n) is 14.4. The number of hydrogen-bond acceptors (Lipinski definition) is 5. The van der Waals surface area contributed by atoms with Crippen LogP contribution in [0.5, 0.6) is 0 Å². The molecule has 0 radical (unpaired) electrons. The molecule has 1 saturated carbocycles. The van der Waals surface area contributed by atoms with Gasteiger partial charge in [-0.15, -0.1) is 0 Å². The summed E-state index contributed by atoms with van der Waals surface area (Å²) in [5.74, 6) is -0.351. The van der Waals surface area contributed by atoms with E-state index >= 15 is 0 Å². The number of hydrogen-bond donors (Lipinski definition) is 1. The number of nitrogens with zero attached hydrogens (tertiary/aromatic N) is 1. The lowest BCUT2D eigenvalue weighted by atomic mass is 10.0. The number of esters is 1. The molecule has 6 nitrogen and oxygen atoms in total. The topological polar surface area (TPSA) is 82.7 Å². The van der Waals surface area contributed by atoms with Crippen LogP contribution in [0.4, 0.5) is 0 Å². The van der Waals surface area contributed by atoms with E-state index in [1.165, 1.54) is 12.8 Å². The van der Waals surface area contributed by atoms with Gasteiger partial charge in [0.2, 0.25) is 6.04 Å². The lowest BCUT2D eigenvalue weighted by molar-refractivity contribution is -0.231. The summed E-state index contributed by atoms with van der Waals surface area (Å²) in [6.45, 7) is 4.67. The molecule has 2 fully saturated rings. The van der Waals surface area contributed by atoms with E-state index in [0.29, 0.717) is 13.0 Å². The van der Waals surface area contributed by atoms with Crippen LogP contribution in [-0.4, -0.2) is 43.0 Å². The van der Waals surface area contributed by atoms with Gasteiger partial charge in [0.1, 0.15) is 12.2 Å². The molecule has 1 aliphatic heterocycles. The first-order chi connectivity index (χ1) is 11.2. The monoisotopic (exact) mass is 327 g/mol. The predicted molar refractivity (Wildman–Crippen MR) is 84.7 cm³/mol. The second kappa shape index (κ2) is 9.33. The Balaban J connectivity index is 2.10. The SMILES string of the molecule is CCCO[C@H]1CCC[C@H](N=[NH2+])C(=O)O[C@@H](C)[C@@H]1OC1CCCC1. The van der Waals surface area contributed by atoms with Crippen LogP contribution >= 0.6 is 0 Å². The molecule has 0 bridgehead atoms. The van der Waals surface area contributed by atoms with Crippen LogP contribution in [0.3, 0.4) is 0 Å². The maximum Gasteiger partial charge on any atom is 0.337 e. The van der Waals surface area contributed by atoms with Crippen molar-refractivity contribution in [3.63, 3.8) is 0 Å². The Morgan fingerprint density at radius 1 is 1.22 bits per heavy atom. The molecule has 0 spiro atoms. The van der Waals surface area contributed by atoms with Crippen molar-refractivity contribution in [3.8, 4) is 0 Å². The van der Waals surface area contributed by atoms with E-state index in [4.69, 9.17) is 19.7 Å². The van der Waals surface area contributed by atoms with Crippen molar-refractivity contribution in [2.75, 3.05) is 6.61 Å². The molecule has 132 valence electrons. The molecule has 0 amide bonds. The van der Waals surface area contributed by atoms with E-state index in [-0.39, 0.29) is 30.4 Å². The van der Waals surface area contributed by atoms with Crippen LogP contribution in [0.25, 0.3) is 0 Å². The highest BCUT2D eigenvalue weighted by atomic mass is 16.6. The number of nitrogens with two attached hydrogens (primary N) is 1. The number of ether oxygens (including phenoxy) is 3. The van der Waals surface area contributed by atoms with E-state index < -0.39 is 6.04 Å². The van der Waals surface area contributed by atoms with Gasteiger partial charge in [0, 0.05) is 6.61 Å².